The van der Waals surface area contributed by atoms with Gasteiger partial charge in [-0.2, -0.15) is 0 Å². The number of nitrogens with one attached hydrogen (secondary N) is 2. The van der Waals surface area contributed by atoms with Gasteiger partial charge in [0.25, 0.3) is 0 Å². The third-order valence-corrected chi connectivity index (χ3v) is 7.11. The summed E-state index contributed by atoms with van der Waals surface area (Å²) in [6, 6.07) is 17.3. The number of nitrogens with zero attached hydrogens (tertiary/aromatic N) is 1. The fourth-order valence-corrected chi connectivity index (χ4v) is 4.98. The highest BCUT2D eigenvalue weighted by molar-refractivity contribution is 5.68. The predicted molar refractivity (Wildman–Crippen MR) is 162 cm³/mol. The predicted octanol–water partition coefficient (Wildman–Crippen LogP) is 2.21. The summed E-state index contributed by atoms with van der Waals surface area (Å²) in [5, 5.41) is 40.4. The minimum absolute atomic E-state index is 0.00302. The second-order valence-corrected chi connectivity index (χ2v) is 12.3. The number of hydrogen-bond donors (Lipinski definition) is 5. The van der Waals surface area contributed by atoms with Gasteiger partial charge >= 0.3 is 6.09 Å². The van der Waals surface area contributed by atoms with Crippen LogP contribution in [0.2, 0.25) is 0 Å². The quantitative estimate of drug-likeness (QED) is 0.200. The first-order chi connectivity index (χ1) is 19.7. The van der Waals surface area contributed by atoms with E-state index in [0.29, 0.717) is 25.8 Å². The molecule has 0 radical (unpaired) electrons. The van der Waals surface area contributed by atoms with Crippen LogP contribution < -0.4 is 21.5 Å². The highest BCUT2D eigenvalue weighted by Gasteiger charge is 2.34. The number of ether oxygens (including phenoxy) is 1. The highest BCUT2D eigenvalue weighted by atomic mass is 16.6. The van der Waals surface area contributed by atoms with Gasteiger partial charge in [0, 0.05) is 18.6 Å². The Morgan fingerprint density at radius 1 is 0.905 bits per heavy atom. The zero-order chi connectivity index (χ0) is 31.3. The zero-order valence-electron chi connectivity index (χ0n) is 25.6. The van der Waals surface area contributed by atoms with Gasteiger partial charge in [0.2, 0.25) is 0 Å². The summed E-state index contributed by atoms with van der Waals surface area (Å²) in [5.41, 5.74) is 5.85. The number of nitrogens with two attached hydrogens (primary N) is 1. The summed E-state index contributed by atoms with van der Waals surface area (Å²) in [7, 11) is 0. The van der Waals surface area contributed by atoms with Crippen molar-refractivity contribution >= 4 is 12.2 Å². The van der Waals surface area contributed by atoms with E-state index in [0.717, 1.165) is 11.1 Å². The van der Waals surface area contributed by atoms with Crippen molar-refractivity contribution in [2.24, 2.45) is 5.73 Å². The number of carboxylic acid groups (broad SMARTS) is 1. The van der Waals surface area contributed by atoms with Crippen molar-refractivity contribution in [2.75, 3.05) is 19.6 Å². The smallest absolute Gasteiger partial charge is 0.407 e. The molecule has 2 aromatic rings. The number of hydrogen-bond acceptors (Lipinski definition) is 8. The molecule has 0 spiro atoms. The maximum Gasteiger partial charge on any atom is 0.407 e. The first-order valence-corrected chi connectivity index (χ1v) is 14.6. The van der Waals surface area contributed by atoms with Crippen molar-refractivity contribution in [1.29, 1.82) is 0 Å². The van der Waals surface area contributed by atoms with Gasteiger partial charge < -0.3 is 46.1 Å². The molecule has 0 fully saturated rings. The Kier molecular flexibility index (Phi) is 13.7. The van der Waals surface area contributed by atoms with Crippen molar-refractivity contribution in [3.8, 4) is 0 Å². The van der Waals surface area contributed by atoms with Crippen LogP contribution in [0.1, 0.15) is 58.6 Å². The molecule has 0 aliphatic heterocycles. The molecule has 0 aliphatic carbocycles. The molecular weight excluding hydrogens is 536 g/mol. The molecule has 0 bridgehead atoms. The zero-order valence-corrected chi connectivity index (χ0v) is 25.6. The van der Waals surface area contributed by atoms with Gasteiger partial charge in [0.1, 0.15) is 11.7 Å². The molecule has 0 aliphatic rings. The first kappa shape index (κ1) is 35.0. The number of carbonyl (C=O) groups excluding carboxylic acids is 2. The lowest BCUT2D eigenvalue weighted by Gasteiger charge is -2.45. The standard InChI is InChI=1S/C32H50N4O6/c1-31(2,3)36(30(40)41)26(20-24-15-10-7-11-16-24)28(38)22-34-21-27(37)25(19-23-13-8-6-9-14-23)35-29(39)42-32(4,5)17-12-18-33/h6-11,13-16,25-28,34,37-38H,12,17-22,33H2,1-5H3,(H,35,39)(H,40,41)/p-1/t25-,26-,27+,28+/m0/s1. The first-order valence-electron chi connectivity index (χ1n) is 14.6. The van der Waals surface area contributed by atoms with E-state index in [9.17, 15) is 24.9 Å². The summed E-state index contributed by atoms with van der Waals surface area (Å²) in [6.07, 6.45) is -2.22. The van der Waals surface area contributed by atoms with Crippen molar-refractivity contribution in [3.05, 3.63) is 71.8 Å². The Morgan fingerprint density at radius 2 is 1.43 bits per heavy atom. The number of alkyl carbamates (subject to hydrolysis) is 1. The summed E-state index contributed by atoms with van der Waals surface area (Å²) < 4.78 is 5.63. The summed E-state index contributed by atoms with van der Waals surface area (Å²) in [6.45, 7) is 9.40. The van der Waals surface area contributed by atoms with Gasteiger partial charge in [-0.15, -0.1) is 0 Å². The van der Waals surface area contributed by atoms with Gasteiger partial charge in [0.15, 0.2) is 0 Å². The van der Waals surface area contributed by atoms with E-state index in [1.165, 1.54) is 4.90 Å². The summed E-state index contributed by atoms with van der Waals surface area (Å²) in [5.74, 6) is 0. The van der Waals surface area contributed by atoms with Gasteiger partial charge in [0.05, 0.1) is 24.3 Å². The molecule has 0 heterocycles. The third-order valence-electron chi connectivity index (χ3n) is 7.11. The van der Waals surface area contributed by atoms with Crippen LogP contribution in [-0.4, -0.2) is 82.4 Å². The van der Waals surface area contributed by atoms with E-state index in [4.69, 9.17) is 10.5 Å². The molecule has 2 aromatic carbocycles. The van der Waals surface area contributed by atoms with Crippen LogP contribution in [0.15, 0.2) is 60.7 Å². The van der Waals surface area contributed by atoms with Gasteiger partial charge in [-0.05, 0) is 78.0 Å². The SMILES string of the molecule is CC(C)(CCCN)OC(=O)N[C@@H](Cc1ccccc1)[C@H](O)CNC[C@@H](O)[C@H](Cc1ccccc1)N(C(=O)[O-])C(C)(C)C. The fourth-order valence-electron chi connectivity index (χ4n) is 4.98. The van der Waals surface area contributed by atoms with Crippen molar-refractivity contribution in [3.63, 3.8) is 0 Å². The molecule has 2 amide bonds. The van der Waals surface area contributed by atoms with Crippen LogP contribution in [0.4, 0.5) is 9.59 Å². The molecule has 10 heteroatoms. The third kappa shape index (κ3) is 12.0. The summed E-state index contributed by atoms with van der Waals surface area (Å²) >= 11 is 0. The van der Waals surface area contributed by atoms with E-state index in [2.05, 4.69) is 10.6 Å². The normalized spacial score (nSPS) is 14.9. The fraction of sp³-hybridized carbons (Fsp3) is 0.562. The Labute approximate surface area is 250 Å². The lowest BCUT2D eigenvalue weighted by atomic mass is 9.94. The van der Waals surface area contributed by atoms with Gasteiger partial charge in [-0.1, -0.05) is 60.7 Å². The molecule has 4 atom stereocenters. The molecule has 6 N–H and O–H groups in total. The number of aliphatic hydroxyl groups is 2. The number of benzene rings is 2. The van der Waals surface area contributed by atoms with E-state index in [-0.39, 0.29) is 19.5 Å². The molecule has 42 heavy (non-hydrogen) atoms. The van der Waals surface area contributed by atoms with Crippen molar-refractivity contribution in [1.82, 2.24) is 15.5 Å². The van der Waals surface area contributed by atoms with E-state index in [1.807, 2.05) is 74.5 Å². The maximum atomic E-state index is 12.8. The van der Waals surface area contributed by atoms with Gasteiger partial charge in [-0.3, -0.25) is 0 Å². The lowest BCUT2D eigenvalue weighted by molar-refractivity contribution is -0.275. The van der Waals surface area contributed by atoms with E-state index < -0.39 is 47.6 Å². The number of carbonyl (C=O) groups is 2. The molecule has 0 saturated carbocycles. The van der Waals surface area contributed by atoms with E-state index in [1.54, 1.807) is 20.8 Å². The molecule has 2 rings (SSSR count). The van der Waals surface area contributed by atoms with Crippen LogP contribution in [0.5, 0.6) is 0 Å². The molecule has 10 nitrogen and oxygen atoms in total. The molecule has 234 valence electrons. The van der Waals surface area contributed by atoms with Gasteiger partial charge in [-0.25, -0.2) is 4.79 Å². The number of amides is 2. The maximum absolute atomic E-state index is 12.8. The second kappa shape index (κ2) is 16.5. The Bertz CT molecular complexity index is 1080. The monoisotopic (exact) mass is 585 g/mol. The van der Waals surface area contributed by atoms with Crippen LogP contribution >= 0.6 is 0 Å². The Hall–Kier alpha value is -3.18. The highest BCUT2D eigenvalue weighted by Crippen LogP contribution is 2.22. The Morgan fingerprint density at radius 3 is 1.93 bits per heavy atom. The van der Waals surface area contributed by atoms with Crippen LogP contribution in [0.25, 0.3) is 0 Å². The molecule has 0 unspecified atom stereocenters. The Balaban J connectivity index is 2.12. The minimum atomic E-state index is -1.37. The minimum Gasteiger partial charge on any atom is -0.530 e. The van der Waals surface area contributed by atoms with E-state index >= 15 is 0 Å². The molecule has 0 aromatic heterocycles. The topological polar surface area (TPSA) is 160 Å². The van der Waals surface area contributed by atoms with Crippen molar-refractivity contribution in [2.45, 2.75) is 95.7 Å². The van der Waals surface area contributed by atoms with Crippen molar-refractivity contribution < 1.29 is 29.6 Å². The van der Waals surface area contributed by atoms with Crippen LogP contribution in [0, 0.1) is 0 Å². The molecule has 0 saturated heterocycles. The molecular formula is C32H49N4O6-. The number of rotatable bonds is 16. The average Bonchev–Trinajstić information content (AvgIpc) is 2.91. The number of aliphatic hydroxyl groups excluding tert-OH is 2. The van der Waals surface area contributed by atoms with Crippen LogP contribution in [0.3, 0.4) is 0 Å². The lowest BCUT2D eigenvalue weighted by Crippen LogP contribution is -2.62. The summed E-state index contributed by atoms with van der Waals surface area (Å²) in [4.78, 5) is 26.1. The second-order valence-electron chi connectivity index (χ2n) is 12.3. The van der Waals surface area contributed by atoms with Crippen LogP contribution in [-0.2, 0) is 17.6 Å². The largest absolute Gasteiger partial charge is 0.530 e. The average molecular weight is 586 g/mol.